The molecule has 5 aromatic rings. The van der Waals surface area contributed by atoms with Crippen LogP contribution in [0.4, 0.5) is 23.0 Å². The lowest BCUT2D eigenvalue weighted by Gasteiger charge is -2.11. The summed E-state index contributed by atoms with van der Waals surface area (Å²) in [6, 6.07) is 22.0. The van der Waals surface area contributed by atoms with E-state index in [1.54, 1.807) is 24.3 Å². The number of azo groups is 1. The third-order valence-corrected chi connectivity index (χ3v) is 6.86. The lowest BCUT2D eigenvalue weighted by atomic mass is 10.0. The van der Waals surface area contributed by atoms with Crippen LogP contribution in [-0.2, 0) is 13.2 Å². The van der Waals surface area contributed by atoms with E-state index in [-0.39, 0.29) is 30.6 Å². The smallest absolute Gasteiger partial charge is 0.245 e. The van der Waals surface area contributed by atoms with Gasteiger partial charge in [0, 0.05) is 38.3 Å². The van der Waals surface area contributed by atoms with E-state index in [1.165, 1.54) is 0 Å². The summed E-state index contributed by atoms with van der Waals surface area (Å²) in [7, 11) is 3.96. The highest BCUT2D eigenvalue weighted by molar-refractivity contribution is 5.96. The van der Waals surface area contributed by atoms with Gasteiger partial charge in [0.15, 0.2) is 11.4 Å². The maximum absolute atomic E-state index is 12.9. The molecule has 3 aromatic carbocycles. The molecule has 0 amide bonds. The van der Waals surface area contributed by atoms with Crippen molar-refractivity contribution in [3.8, 4) is 5.88 Å². The summed E-state index contributed by atoms with van der Waals surface area (Å²) >= 11 is 0. The summed E-state index contributed by atoms with van der Waals surface area (Å²) in [5.74, 6) is 0.737. The Kier molecular flexibility index (Phi) is 8.99. The maximum Gasteiger partial charge on any atom is 0.245 e. The van der Waals surface area contributed by atoms with Gasteiger partial charge in [0.25, 0.3) is 0 Å². The second kappa shape index (κ2) is 13.2. The molecule has 220 valence electrons. The Morgan fingerprint density at radius 2 is 1.53 bits per heavy atom. The van der Waals surface area contributed by atoms with Crippen LogP contribution in [0.3, 0.4) is 0 Å². The highest BCUT2D eigenvalue weighted by Crippen LogP contribution is 2.26. The minimum atomic E-state index is -0.539. The lowest BCUT2D eigenvalue weighted by Crippen LogP contribution is -2.14. The molecule has 0 radical (unpaired) electrons. The first-order valence-corrected chi connectivity index (χ1v) is 13.8. The molecule has 0 saturated heterocycles. The summed E-state index contributed by atoms with van der Waals surface area (Å²) in [5.41, 5.74) is 23.8. The number of carbonyl (C=O) groups is 1. The summed E-state index contributed by atoms with van der Waals surface area (Å²) in [6.07, 6.45) is 0.600. The molecule has 2 heterocycles. The Bertz CT molecular complexity index is 1710. The van der Waals surface area contributed by atoms with Crippen LogP contribution in [0.2, 0.25) is 0 Å². The molecule has 0 aliphatic heterocycles. The number of benzene rings is 3. The Balaban J connectivity index is 1.18. The van der Waals surface area contributed by atoms with Gasteiger partial charge in [-0.2, -0.15) is 20.2 Å². The van der Waals surface area contributed by atoms with Crippen molar-refractivity contribution >= 4 is 40.0 Å². The number of imidazole rings is 1. The van der Waals surface area contributed by atoms with Gasteiger partial charge >= 0.3 is 0 Å². The fraction of sp³-hybridized carbons (Fsp3) is 0.226. The Morgan fingerprint density at radius 3 is 2.16 bits per heavy atom. The quantitative estimate of drug-likeness (QED) is 0.115. The molecule has 12 heteroatoms. The van der Waals surface area contributed by atoms with Crippen LogP contribution in [0.25, 0.3) is 11.2 Å². The second-order valence-electron chi connectivity index (χ2n) is 10.2. The number of carbonyl (C=O) groups excluding carboxylic acids is 1. The van der Waals surface area contributed by atoms with E-state index in [2.05, 4.69) is 30.2 Å². The number of nitrogens with one attached hydrogen (secondary N) is 1. The van der Waals surface area contributed by atoms with Crippen molar-refractivity contribution in [2.75, 3.05) is 24.7 Å². The first kappa shape index (κ1) is 29.3. The van der Waals surface area contributed by atoms with Crippen LogP contribution in [0.15, 0.2) is 83.0 Å². The highest BCUT2D eigenvalue weighted by atomic mass is 16.5. The number of rotatable bonds is 12. The van der Waals surface area contributed by atoms with Crippen molar-refractivity contribution in [2.24, 2.45) is 21.7 Å². The van der Waals surface area contributed by atoms with Crippen molar-refractivity contribution in [2.45, 2.75) is 32.0 Å². The van der Waals surface area contributed by atoms with Gasteiger partial charge < -0.3 is 31.8 Å². The van der Waals surface area contributed by atoms with Gasteiger partial charge in [-0.25, -0.2) is 4.98 Å². The molecule has 7 N–H and O–H groups in total. The number of fused-ring (bicyclic) bond motifs is 1. The van der Waals surface area contributed by atoms with Crippen LogP contribution >= 0.6 is 0 Å². The summed E-state index contributed by atoms with van der Waals surface area (Å²) < 4.78 is 5.93. The van der Waals surface area contributed by atoms with Crippen LogP contribution in [-0.4, -0.2) is 39.8 Å². The predicted molar refractivity (Wildman–Crippen MR) is 167 cm³/mol. The van der Waals surface area contributed by atoms with Gasteiger partial charge in [0.2, 0.25) is 11.8 Å². The topological polar surface area (TPSA) is 187 Å². The van der Waals surface area contributed by atoms with Gasteiger partial charge in [-0.15, -0.1) is 0 Å². The number of anilines is 2. The normalized spacial score (nSPS) is 12.1. The predicted octanol–water partition coefficient (Wildman–Crippen LogP) is 5.12. The van der Waals surface area contributed by atoms with Gasteiger partial charge in [-0.3, -0.25) is 4.79 Å². The van der Waals surface area contributed by atoms with Crippen molar-refractivity contribution < 1.29 is 9.53 Å². The highest BCUT2D eigenvalue weighted by Gasteiger charge is 2.18. The first-order chi connectivity index (χ1) is 20.8. The van der Waals surface area contributed by atoms with E-state index in [1.807, 2.05) is 67.5 Å². The molecule has 43 heavy (non-hydrogen) atoms. The molecule has 0 saturated carbocycles. The zero-order valence-corrected chi connectivity index (χ0v) is 24.1. The van der Waals surface area contributed by atoms with Crippen LogP contribution in [0, 0.1) is 0 Å². The number of hydrogen-bond acceptors (Lipinski definition) is 11. The molecular weight excluding hydrogens is 544 g/mol. The standard InChI is InChI=1S/C31H34N10O2/c1-41(2)24-13-11-23(12-14-24)40-39-22-9-7-21(8-10-22)26(42)16-15-25(33)28-35-27-29(36-28)37-31(34)38-30(27)43-18-20-5-3-19(17-32)4-6-20/h3-14,25H,15-18,32-33H2,1-2H3,(H3,34,35,36,37,38). The van der Waals surface area contributed by atoms with E-state index in [9.17, 15) is 4.79 Å². The zero-order chi connectivity index (χ0) is 30.3. The number of nitrogen functional groups attached to an aromatic ring is 1. The number of hydrogen-bond donors (Lipinski definition) is 4. The van der Waals surface area contributed by atoms with Gasteiger partial charge in [-0.1, -0.05) is 24.3 Å². The van der Waals surface area contributed by atoms with Crippen molar-refractivity contribution in [3.05, 3.63) is 95.3 Å². The number of Topliss-reactive ketones (excluding diaryl/α,β-unsaturated/α-hetero) is 1. The maximum atomic E-state index is 12.9. The molecular formula is C31H34N10O2. The number of aromatic nitrogens is 4. The molecule has 1 atom stereocenters. The molecule has 0 aliphatic rings. The van der Waals surface area contributed by atoms with E-state index in [4.69, 9.17) is 21.9 Å². The fourth-order valence-corrected chi connectivity index (χ4v) is 4.32. The monoisotopic (exact) mass is 578 g/mol. The van der Waals surface area contributed by atoms with E-state index < -0.39 is 6.04 Å². The van der Waals surface area contributed by atoms with E-state index in [0.29, 0.717) is 41.2 Å². The molecule has 1 unspecified atom stereocenters. The fourth-order valence-electron chi connectivity index (χ4n) is 4.32. The largest absolute Gasteiger partial charge is 0.471 e. The van der Waals surface area contributed by atoms with Gasteiger partial charge in [0.1, 0.15) is 17.9 Å². The average molecular weight is 579 g/mol. The summed E-state index contributed by atoms with van der Waals surface area (Å²) in [4.78, 5) is 31.0. The minimum Gasteiger partial charge on any atom is -0.471 e. The molecule has 0 fully saturated rings. The number of nitrogens with zero attached hydrogens (tertiary/aromatic N) is 6. The average Bonchev–Trinajstić information content (AvgIpc) is 3.46. The molecule has 5 rings (SSSR count). The molecule has 0 spiro atoms. The van der Waals surface area contributed by atoms with Crippen LogP contribution in [0.5, 0.6) is 5.88 Å². The third kappa shape index (κ3) is 7.36. The first-order valence-electron chi connectivity index (χ1n) is 13.8. The Morgan fingerprint density at radius 1 is 0.907 bits per heavy atom. The SMILES string of the molecule is CN(C)c1ccc(N=Nc2ccc(C(=O)CCC(N)c3nc4nc(N)nc(OCc5ccc(CN)cc5)c4[nH]3)cc2)cc1. The summed E-state index contributed by atoms with van der Waals surface area (Å²) in [6.45, 7) is 0.745. The number of aromatic amines is 1. The van der Waals surface area contributed by atoms with Crippen molar-refractivity contribution in [1.29, 1.82) is 0 Å². The molecule has 0 aliphatic carbocycles. The van der Waals surface area contributed by atoms with Crippen LogP contribution < -0.4 is 26.8 Å². The van der Waals surface area contributed by atoms with Gasteiger partial charge in [0.05, 0.1) is 17.4 Å². The number of nitrogens with two attached hydrogens (primary N) is 3. The van der Waals surface area contributed by atoms with Crippen molar-refractivity contribution in [1.82, 2.24) is 19.9 Å². The minimum absolute atomic E-state index is 0.0352. The van der Waals surface area contributed by atoms with E-state index >= 15 is 0 Å². The molecule has 0 bridgehead atoms. The third-order valence-electron chi connectivity index (χ3n) is 6.86. The molecule has 2 aromatic heterocycles. The Hall–Kier alpha value is -5.20. The second-order valence-corrected chi connectivity index (χ2v) is 10.2. The van der Waals surface area contributed by atoms with Gasteiger partial charge in [-0.05, 0) is 66.1 Å². The zero-order valence-electron chi connectivity index (χ0n) is 24.1. The molecule has 12 nitrogen and oxygen atoms in total. The van der Waals surface area contributed by atoms with E-state index in [0.717, 1.165) is 22.5 Å². The number of ether oxygens (including phenoxy) is 1. The van der Waals surface area contributed by atoms with Crippen molar-refractivity contribution in [3.63, 3.8) is 0 Å². The lowest BCUT2D eigenvalue weighted by molar-refractivity contribution is 0.0977. The number of H-pyrrole nitrogens is 1. The Labute approximate surface area is 249 Å². The number of ketones is 1. The summed E-state index contributed by atoms with van der Waals surface area (Å²) in [5, 5.41) is 8.54. The van der Waals surface area contributed by atoms with Crippen LogP contribution in [0.1, 0.15) is 46.2 Å².